The normalized spacial score (nSPS) is 11.4. The van der Waals surface area contributed by atoms with Crippen LogP contribution in [-0.4, -0.2) is 24.1 Å². The number of aromatic nitrogens is 5. The Balaban J connectivity index is 2.03. The first-order valence-electron chi connectivity index (χ1n) is 6.63. The van der Waals surface area contributed by atoms with Crippen molar-refractivity contribution in [2.45, 2.75) is 6.92 Å². The molecule has 3 heterocycles. The zero-order chi connectivity index (χ0) is 15.3. The van der Waals surface area contributed by atoms with E-state index in [0.717, 1.165) is 5.69 Å². The molecule has 0 bridgehead atoms. The van der Waals surface area contributed by atoms with Gasteiger partial charge in [0.15, 0.2) is 0 Å². The van der Waals surface area contributed by atoms with E-state index in [2.05, 4.69) is 15.1 Å². The van der Waals surface area contributed by atoms with Gasteiger partial charge in [0.2, 0.25) is 0 Å². The topological polar surface area (TPSA) is 65.1 Å². The van der Waals surface area contributed by atoms with Crippen LogP contribution in [0.1, 0.15) is 5.82 Å². The highest BCUT2D eigenvalue weighted by Crippen LogP contribution is 2.15. The zero-order valence-electron chi connectivity index (χ0n) is 11.6. The molecule has 0 spiro atoms. The van der Waals surface area contributed by atoms with Gasteiger partial charge in [-0.2, -0.15) is 9.50 Å². The second-order valence-corrected chi connectivity index (χ2v) is 5.33. The fraction of sp³-hybridized carbons (Fsp3) is 0.0667. The second kappa shape index (κ2) is 4.64. The van der Waals surface area contributed by atoms with E-state index in [1.807, 2.05) is 6.07 Å². The summed E-state index contributed by atoms with van der Waals surface area (Å²) in [4.78, 5) is 21.1. The molecule has 0 amide bonds. The number of hydrogen-bond acceptors (Lipinski definition) is 4. The minimum absolute atomic E-state index is 0.164. The Morgan fingerprint density at radius 1 is 1.14 bits per heavy atom. The second-order valence-electron chi connectivity index (χ2n) is 4.90. The van der Waals surface area contributed by atoms with Crippen LogP contribution in [0.25, 0.3) is 22.4 Å². The highest BCUT2D eigenvalue weighted by molar-refractivity contribution is 6.30. The molecular formula is C15H10ClN5O. The van der Waals surface area contributed by atoms with Crippen molar-refractivity contribution >= 4 is 28.3 Å². The van der Waals surface area contributed by atoms with Gasteiger partial charge in [-0.05, 0) is 37.3 Å². The van der Waals surface area contributed by atoms with E-state index in [4.69, 9.17) is 11.6 Å². The summed E-state index contributed by atoms with van der Waals surface area (Å²) in [5, 5.41) is 5.38. The Bertz CT molecular complexity index is 1070. The van der Waals surface area contributed by atoms with Crippen molar-refractivity contribution in [1.82, 2.24) is 24.1 Å². The van der Waals surface area contributed by atoms with Crippen molar-refractivity contribution in [3.8, 4) is 5.69 Å². The van der Waals surface area contributed by atoms with Gasteiger partial charge < -0.3 is 0 Å². The Morgan fingerprint density at radius 2 is 1.91 bits per heavy atom. The van der Waals surface area contributed by atoms with E-state index in [-0.39, 0.29) is 5.56 Å². The SMILES string of the molecule is Cc1nc2ncc3c(=O)n(-c4ccc(Cl)cc4)ccc3n2n1. The number of hydrogen-bond donors (Lipinski definition) is 0. The predicted molar refractivity (Wildman–Crippen MR) is 83.6 cm³/mol. The standard InChI is InChI=1S/C15H10ClN5O/c1-9-18-15-17-8-12-13(21(15)19-9)6-7-20(14(12)22)11-4-2-10(16)3-5-11/h2-8H,1H3. The molecular weight excluding hydrogens is 302 g/mol. The molecule has 0 aliphatic carbocycles. The zero-order valence-corrected chi connectivity index (χ0v) is 12.3. The van der Waals surface area contributed by atoms with Crippen molar-refractivity contribution in [3.05, 3.63) is 63.9 Å². The predicted octanol–water partition coefficient (Wildman–Crippen LogP) is 2.39. The molecule has 0 aliphatic heterocycles. The number of rotatable bonds is 1. The van der Waals surface area contributed by atoms with Gasteiger partial charge in [-0.15, -0.1) is 5.10 Å². The molecule has 1 aromatic carbocycles. The van der Waals surface area contributed by atoms with Crippen LogP contribution < -0.4 is 5.56 Å². The molecule has 4 rings (SSSR count). The number of nitrogens with zero attached hydrogens (tertiary/aromatic N) is 5. The Morgan fingerprint density at radius 3 is 2.68 bits per heavy atom. The molecule has 22 heavy (non-hydrogen) atoms. The quantitative estimate of drug-likeness (QED) is 0.541. The molecule has 0 unspecified atom stereocenters. The molecule has 0 saturated heterocycles. The van der Waals surface area contributed by atoms with Crippen molar-refractivity contribution in [2.75, 3.05) is 0 Å². The molecule has 0 aliphatic rings. The van der Waals surface area contributed by atoms with E-state index < -0.39 is 0 Å². The van der Waals surface area contributed by atoms with Crippen molar-refractivity contribution in [2.24, 2.45) is 0 Å². The number of fused-ring (bicyclic) bond motifs is 3. The van der Waals surface area contributed by atoms with Gasteiger partial charge in [0.05, 0.1) is 10.9 Å². The van der Waals surface area contributed by atoms with Crippen LogP contribution in [-0.2, 0) is 0 Å². The fourth-order valence-electron chi connectivity index (χ4n) is 2.42. The van der Waals surface area contributed by atoms with E-state index in [1.54, 1.807) is 46.5 Å². The lowest BCUT2D eigenvalue weighted by molar-refractivity contribution is 0.939. The highest BCUT2D eigenvalue weighted by atomic mass is 35.5. The van der Waals surface area contributed by atoms with Gasteiger partial charge in [-0.3, -0.25) is 9.36 Å². The Kier molecular flexibility index (Phi) is 2.74. The summed E-state index contributed by atoms with van der Waals surface area (Å²) in [6, 6.07) is 8.90. The Labute approximate surface area is 129 Å². The minimum Gasteiger partial charge on any atom is -0.284 e. The third kappa shape index (κ3) is 1.88. The van der Waals surface area contributed by atoms with Crippen molar-refractivity contribution in [3.63, 3.8) is 0 Å². The average Bonchev–Trinajstić information content (AvgIpc) is 2.89. The van der Waals surface area contributed by atoms with E-state index in [1.165, 1.54) is 6.20 Å². The maximum Gasteiger partial charge on any atom is 0.266 e. The van der Waals surface area contributed by atoms with Gasteiger partial charge in [0.25, 0.3) is 11.3 Å². The summed E-state index contributed by atoms with van der Waals surface area (Å²) in [7, 11) is 0. The molecule has 0 fully saturated rings. The number of benzene rings is 1. The maximum absolute atomic E-state index is 12.7. The third-order valence-electron chi connectivity index (χ3n) is 3.44. The molecule has 4 aromatic rings. The summed E-state index contributed by atoms with van der Waals surface area (Å²) in [5.41, 5.74) is 1.26. The monoisotopic (exact) mass is 311 g/mol. The van der Waals surface area contributed by atoms with E-state index in [0.29, 0.717) is 27.5 Å². The first-order chi connectivity index (χ1) is 10.6. The smallest absolute Gasteiger partial charge is 0.266 e. The van der Waals surface area contributed by atoms with Crippen LogP contribution in [0, 0.1) is 6.92 Å². The van der Waals surface area contributed by atoms with Crippen LogP contribution in [0.5, 0.6) is 0 Å². The molecule has 3 aromatic heterocycles. The molecule has 0 radical (unpaired) electrons. The van der Waals surface area contributed by atoms with Crippen molar-refractivity contribution in [1.29, 1.82) is 0 Å². The first kappa shape index (κ1) is 13.0. The van der Waals surface area contributed by atoms with Crippen LogP contribution in [0.2, 0.25) is 5.02 Å². The Hall–Kier alpha value is -2.73. The van der Waals surface area contributed by atoms with Crippen LogP contribution in [0.3, 0.4) is 0 Å². The lowest BCUT2D eigenvalue weighted by atomic mass is 10.2. The highest BCUT2D eigenvalue weighted by Gasteiger charge is 2.10. The largest absolute Gasteiger partial charge is 0.284 e. The van der Waals surface area contributed by atoms with Gasteiger partial charge in [0, 0.05) is 23.1 Å². The summed E-state index contributed by atoms with van der Waals surface area (Å²) in [6.45, 7) is 1.79. The van der Waals surface area contributed by atoms with E-state index in [9.17, 15) is 4.79 Å². The molecule has 0 atom stereocenters. The molecule has 7 heteroatoms. The van der Waals surface area contributed by atoms with Crippen LogP contribution in [0.4, 0.5) is 0 Å². The van der Waals surface area contributed by atoms with Crippen LogP contribution in [0.15, 0.2) is 47.5 Å². The maximum atomic E-state index is 12.7. The molecule has 0 saturated carbocycles. The van der Waals surface area contributed by atoms with E-state index >= 15 is 0 Å². The molecule has 0 N–H and O–H groups in total. The van der Waals surface area contributed by atoms with Crippen LogP contribution >= 0.6 is 11.6 Å². The molecule has 6 nitrogen and oxygen atoms in total. The number of pyridine rings is 1. The third-order valence-corrected chi connectivity index (χ3v) is 3.70. The lowest BCUT2D eigenvalue weighted by Gasteiger charge is -2.07. The van der Waals surface area contributed by atoms with Crippen molar-refractivity contribution < 1.29 is 0 Å². The number of aryl methyl sites for hydroxylation is 1. The molecule has 108 valence electrons. The summed E-state index contributed by atoms with van der Waals surface area (Å²) in [5.74, 6) is 1.09. The van der Waals surface area contributed by atoms with Gasteiger partial charge >= 0.3 is 0 Å². The minimum atomic E-state index is -0.164. The fourth-order valence-corrected chi connectivity index (χ4v) is 2.55. The first-order valence-corrected chi connectivity index (χ1v) is 7.01. The average molecular weight is 312 g/mol. The summed E-state index contributed by atoms with van der Waals surface area (Å²) >= 11 is 5.89. The lowest BCUT2D eigenvalue weighted by Crippen LogP contribution is -2.18. The van der Waals surface area contributed by atoms with Gasteiger partial charge in [-0.1, -0.05) is 11.6 Å². The summed E-state index contributed by atoms with van der Waals surface area (Å²) < 4.78 is 3.13. The van der Waals surface area contributed by atoms with Gasteiger partial charge in [0.1, 0.15) is 5.82 Å². The van der Waals surface area contributed by atoms with Gasteiger partial charge in [-0.25, -0.2) is 4.98 Å². The summed E-state index contributed by atoms with van der Waals surface area (Å²) in [6.07, 6.45) is 3.25. The number of halogens is 1.